The molecule has 62 heavy (non-hydrogen) atoms. The second kappa shape index (κ2) is 18.7. The third kappa shape index (κ3) is 8.77. The second-order valence-electron chi connectivity index (χ2n) is 16.7. The fourth-order valence-electron chi connectivity index (χ4n) is 9.24. The quantitative estimate of drug-likeness (QED) is 0.136. The third-order valence-electron chi connectivity index (χ3n) is 12.6. The number of imidazole rings is 1. The summed E-state index contributed by atoms with van der Waals surface area (Å²) in [5.74, 6) is 1.17. The molecule has 0 saturated carbocycles. The lowest BCUT2D eigenvalue weighted by atomic mass is 9.93. The van der Waals surface area contributed by atoms with Gasteiger partial charge in [-0.25, -0.2) is 4.98 Å². The Morgan fingerprint density at radius 3 is 2.10 bits per heavy atom. The number of benzene rings is 4. The van der Waals surface area contributed by atoms with Crippen LogP contribution in [0.1, 0.15) is 66.2 Å². The lowest BCUT2D eigenvalue weighted by Gasteiger charge is -2.31. The average molecular weight is 848 g/mol. The first kappa shape index (κ1) is 41.5. The number of aromatic nitrogens is 2. The number of morpholine rings is 1. The molecule has 5 aromatic rings. The highest BCUT2D eigenvalue weighted by Gasteiger charge is 2.40. The van der Waals surface area contributed by atoms with Gasteiger partial charge in [-0.1, -0.05) is 109 Å². The molecule has 3 fully saturated rings. The van der Waals surface area contributed by atoms with Gasteiger partial charge >= 0.3 is 0 Å². The highest BCUT2D eigenvalue weighted by atomic mass is 32.2. The van der Waals surface area contributed by atoms with E-state index in [2.05, 4.69) is 53.5 Å². The molecule has 5 heterocycles. The topological polar surface area (TPSA) is 114 Å². The van der Waals surface area contributed by atoms with E-state index in [1.165, 1.54) is 0 Å². The Hall–Kier alpha value is -5.82. The van der Waals surface area contributed by atoms with Gasteiger partial charge in [-0.15, -0.1) is 11.8 Å². The normalized spacial score (nSPS) is 20.0. The van der Waals surface area contributed by atoms with Crippen LogP contribution >= 0.6 is 11.8 Å². The molecule has 1 N–H and O–H groups in total. The number of likely N-dealkylation sites (N-methyl/N-ethyl adjacent to an activating group) is 1. The lowest BCUT2D eigenvalue weighted by molar-refractivity contribution is -0.140. The maximum atomic E-state index is 14.4. The van der Waals surface area contributed by atoms with Crippen LogP contribution in [0.2, 0.25) is 0 Å². The fourth-order valence-corrected chi connectivity index (χ4v) is 10.5. The van der Waals surface area contributed by atoms with E-state index in [9.17, 15) is 14.4 Å². The molecule has 4 aromatic carbocycles. The molecule has 0 unspecified atom stereocenters. The van der Waals surface area contributed by atoms with E-state index in [0.29, 0.717) is 45.8 Å². The van der Waals surface area contributed by atoms with E-state index in [1.54, 1.807) is 11.8 Å². The van der Waals surface area contributed by atoms with E-state index in [4.69, 9.17) is 14.7 Å². The first-order valence-electron chi connectivity index (χ1n) is 21.7. The van der Waals surface area contributed by atoms with Crippen LogP contribution in [-0.2, 0) is 19.1 Å². The first-order valence-corrected chi connectivity index (χ1v) is 22.7. The Balaban J connectivity index is 0.827. The van der Waals surface area contributed by atoms with Crippen molar-refractivity contribution in [2.24, 2.45) is 4.99 Å². The number of aliphatic imine (C=N–C) groups is 1. The van der Waals surface area contributed by atoms with Crippen molar-refractivity contribution in [1.29, 1.82) is 0 Å². The third-order valence-corrected chi connectivity index (χ3v) is 13.8. The number of allylic oxidation sites excluding steroid dienone is 1. The zero-order chi connectivity index (χ0) is 42.6. The molecule has 12 heteroatoms. The van der Waals surface area contributed by atoms with Gasteiger partial charge < -0.3 is 24.4 Å². The molecule has 0 spiro atoms. The van der Waals surface area contributed by atoms with Crippen LogP contribution in [0.4, 0.5) is 0 Å². The van der Waals surface area contributed by atoms with E-state index >= 15 is 0 Å². The Kier molecular flexibility index (Phi) is 12.5. The largest absolute Gasteiger partial charge is 0.378 e. The predicted octanol–water partition coefficient (Wildman–Crippen LogP) is 7.83. The van der Waals surface area contributed by atoms with Crippen molar-refractivity contribution >= 4 is 40.8 Å². The number of hydrogen-bond acceptors (Lipinski definition) is 8. The zero-order valence-electron chi connectivity index (χ0n) is 35.4. The minimum absolute atomic E-state index is 0.00763. The van der Waals surface area contributed by atoms with Crippen molar-refractivity contribution in [3.8, 4) is 22.4 Å². The van der Waals surface area contributed by atoms with Crippen molar-refractivity contribution in [3.63, 3.8) is 0 Å². The summed E-state index contributed by atoms with van der Waals surface area (Å²) in [6, 6.07) is 36.3. The molecule has 9 rings (SSSR count). The Bertz CT molecular complexity index is 2430. The van der Waals surface area contributed by atoms with Crippen molar-refractivity contribution in [3.05, 3.63) is 144 Å². The zero-order valence-corrected chi connectivity index (χ0v) is 36.2. The summed E-state index contributed by atoms with van der Waals surface area (Å²) in [7, 11) is 3.92. The number of hydrogen-bond donors (Lipinski definition) is 1. The molecular weight excluding hydrogens is 795 g/mol. The number of carbonyl (C=O) groups excluding carboxylic acids is 3. The van der Waals surface area contributed by atoms with Crippen molar-refractivity contribution in [1.82, 2.24) is 29.6 Å². The first-order chi connectivity index (χ1) is 30.3. The monoisotopic (exact) mass is 847 g/mol. The summed E-state index contributed by atoms with van der Waals surface area (Å²) < 4.78 is 5.46. The maximum absolute atomic E-state index is 14.4. The highest BCUT2D eigenvalue weighted by Crippen LogP contribution is 2.38. The van der Waals surface area contributed by atoms with E-state index < -0.39 is 5.92 Å². The summed E-state index contributed by atoms with van der Waals surface area (Å²) in [6.45, 7) is 3.51. The minimum Gasteiger partial charge on any atom is -0.378 e. The van der Waals surface area contributed by atoms with Gasteiger partial charge in [0.25, 0.3) is 0 Å². The van der Waals surface area contributed by atoms with Crippen molar-refractivity contribution in [2.75, 3.05) is 59.2 Å². The molecule has 3 saturated heterocycles. The highest BCUT2D eigenvalue weighted by molar-refractivity contribution is 8.00. The summed E-state index contributed by atoms with van der Waals surface area (Å²) in [5, 5.41) is -0.167. The molecule has 0 bridgehead atoms. The predicted molar refractivity (Wildman–Crippen MR) is 245 cm³/mol. The van der Waals surface area contributed by atoms with Crippen LogP contribution in [0.5, 0.6) is 0 Å². The second-order valence-corrected chi connectivity index (χ2v) is 17.9. The smallest absolute Gasteiger partial charge is 0.245 e. The molecule has 4 atom stereocenters. The van der Waals surface area contributed by atoms with Crippen molar-refractivity contribution in [2.45, 2.75) is 49.1 Å². The Morgan fingerprint density at radius 2 is 1.42 bits per heavy atom. The number of nitrogens with zero attached hydrogens (tertiary/aromatic N) is 6. The molecule has 0 aliphatic carbocycles. The molecule has 318 valence electrons. The number of nitrogens with one attached hydrogen (secondary N) is 1. The fraction of sp³-hybridized carbons (Fsp3) is 0.340. The summed E-state index contributed by atoms with van der Waals surface area (Å²) in [6.07, 6.45) is 6.44. The molecule has 4 aliphatic rings. The van der Waals surface area contributed by atoms with Gasteiger partial charge in [-0.3, -0.25) is 24.3 Å². The summed E-state index contributed by atoms with van der Waals surface area (Å²) >= 11 is 1.75. The van der Waals surface area contributed by atoms with Crippen LogP contribution in [0, 0.1) is 0 Å². The van der Waals surface area contributed by atoms with Crippen LogP contribution in [0.3, 0.4) is 0 Å². The van der Waals surface area contributed by atoms with Gasteiger partial charge in [-0.05, 0) is 65.9 Å². The van der Waals surface area contributed by atoms with E-state index in [1.807, 2.05) is 107 Å². The van der Waals surface area contributed by atoms with Gasteiger partial charge in [0.1, 0.15) is 17.2 Å². The number of likely N-dealkylation sites (tertiary alicyclic amines) is 1. The molecule has 4 aliphatic heterocycles. The SMILES string of the molecule is CN(C)[C@@H](C(=O)N1CCC[C@H]1c1ncc(-c2ccc(-c3ccc(C4=CN=C([C@@H]5SCCN5C(=O)[C@H](CC(=O)N5CCOCC5)c5ccccc5)C4)cc3)cc2)[nH]1)c1ccccc1. The number of H-pyrrole nitrogens is 1. The summed E-state index contributed by atoms with van der Waals surface area (Å²) in [5.41, 5.74) is 9.24. The van der Waals surface area contributed by atoms with Crippen LogP contribution in [0.15, 0.2) is 127 Å². The van der Waals surface area contributed by atoms with E-state index in [0.717, 1.165) is 74.8 Å². The Labute approximate surface area is 367 Å². The molecule has 3 amide bonds. The van der Waals surface area contributed by atoms with Crippen LogP contribution in [-0.4, -0.2) is 118 Å². The average Bonchev–Trinajstić information content (AvgIpc) is 4.17. The molecular formula is C50H53N7O4S. The summed E-state index contributed by atoms with van der Waals surface area (Å²) in [4.78, 5) is 62.7. The van der Waals surface area contributed by atoms with Gasteiger partial charge in [0.2, 0.25) is 17.7 Å². The molecule has 1 aromatic heterocycles. The van der Waals surface area contributed by atoms with Crippen molar-refractivity contribution < 1.29 is 19.1 Å². The standard InChI is InChI=1S/C50H53N7O4S/c1-54(2)46(39-12-7-4-8-13-39)49(60)56-23-9-14-44(56)47-52-33-43(53-47)38-21-19-35(20-22-38)34-15-17-36(18-16-34)40-30-42(51-32-40)50-57(26-29-62-50)48(59)41(37-10-5-3-6-11-37)31-45(58)55-24-27-61-28-25-55/h3-8,10-13,15-22,32-33,41,44,46,50H,9,14,23-31H2,1-2H3,(H,52,53)/t41-,44+,46-,50+/m1/s1. The van der Waals surface area contributed by atoms with Gasteiger partial charge in [-0.2, -0.15) is 0 Å². The van der Waals surface area contributed by atoms with E-state index in [-0.39, 0.29) is 41.6 Å². The molecule has 11 nitrogen and oxygen atoms in total. The maximum Gasteiger partial charge on any atom is 0.245 e. The van der Waals surface area contributed by atoms with Crippen LogP contribution < -0.4 is 0 Å². The number of aromatic amines is 1. The lowest BCUT2D eigenvalue weighted by Crippen LogP contribution is -2.45. The minimum atomic E-state index is -0.553. The number of thioether (sulfide) groups is 1. The molecule has 0 radical (unpaired) electrons. The number of carbonyl (C=O) groups is 3. The Morgan fingerprint density at radius 1 is 0.774 bits per heavy atom. The van der Waals surface area contributed by atoms with Gasteiger partial charge in [0, 0.05) is 51.0 Å². The van der Waals surface area contributed by atoms with Crippen LogP contribution in [0.25, 0.3) is 28.0 Å². The number of rotatable bonds is 12. The number of ether oxygens (including phenoxy) is 1. The van der Waals surface area contributed by atoms with Gasteiger partial charge in [0.15, 0.2) is 0 Å². The van der Waals surface area contributed by atoms with Gasteiger partial charge in [0.05, 0.1) is 42.8 Å². The number of amides is 3.